The van der Waals surface area contributed by atoms with Crippen molar-refractivity contribution in [1.82, 2.24) is 4.90 Å². The first-order valence-corrected chi connectivity index (χ1v) is 6.42. The molecule has 5 nitrogen and oxygen atoms in total. The van der Waals surface area contributed by atoms with Gasteiger partial charge in [0.1, 0.15) is 5.72 Å². The van der Waals surface area contributed by atoms with Gasteiger partial charge in [-0.25, -0.2) is 4.79 Å². The molecule has 19 heavy (non-hydrogen) atoms. The molecule has 1 unspecified atom stereocenters. The Morgan fingerprint density at radius 2 is 2.26 bits per heavy atom. The first-order valence-electron chi connectivity index (χ1n) is 6.42. The van der Waals surface area contributed by atoms with Gasteiger partial charge >= 0.3 is 6.09 Å². The summed E-state index contributed by atoms with van der Waals surface area (Å²) in [5.74, 6) is 0. The van der Waals surface area contributed by atoms with Gasteiger partial charge in [0.05, 0.1) is 25.4 Å². The van der Waals surface area contributed by atoms with Crippen molar-refractivity contribution in [2.24, 2.45) is 0 Å². The fraction of sp³-hybridized carbons (Fsp3) is 0.643. The SMILES string of the molecule is C=CCOC(CC=C)C[C@H]1COC(C)(C)N1C(=O)O. The highest BCUT2D eigenvalue weighted by Gasteiger charge is 2.44. The molecule has 0 aromatic rings. The highest BCUT2D eigenvalue weighted by atomic mass is 16.5. The summed E-state index contributed by atoms with van der Waals surface area (Å²) in [7, 11) is 0. The van der Waals surface area contributed by atoms with Gasteiger partial charge in [0.15, 0.2) is 0 Å². The Bertz CT molecular complexity index is 340. The predicted molar refractivity (Wildman–Crippen MR) is 73.1 cm³/mol. The first-order chi connectivity index (χ1) is 8.92. The lowest BCUT2D eigenvalue weighted by molar-refractivity contribution is -0.0437. The van der Waals surface area contributed by atoms with E-state index in [-0.39, 0.29) is 12.1 Å². The molecule has 1 saturated heterocycles. The first kappa shape index (κ1) is 15.7. The van der Waals surface area contributed by atoms with E-state index in [1.807, 2.05) is 0 Å². The third-order valence-electron chi connectivity index (χ3n) is 3.19. The van der Waals surface area contributed by atoms with Crippen LogP contribution >= 0.6 is 0 Å². The summed E-state index contributed by atoms with van der Waals surface area (Å²) >= 11 is 0. The molecule has 0 bridgehead atoms. The Morgan fingerprint density at radius 3 is 2.79 bits per heavy atom. The molecule has 0 saturated carbocycles. The number of hydrogen-bond donors (Lipinski definition) is 1. The molecular weight excluding hydrogens is 246 g/mol. The maximum absolute atomic E-state index is 11.3. The Hall–Kier alpha value is -1.33. The second-order valence-electron chi connectivity index (χ2n) is 5.07. The van der Waals surface area contributed by atoms with Gasteiger partial charge in [-0.2, -0.15) is 0 Å². The lowest BCUT2D eigenvalue weighted by atomic mass is 10.1. The Labute approximate surface area is 114 Å². The number of carboxylic acid groups (broad SMARTS) is 1. The molecule has 1 amide bonds. The molecule has 1 aliphatic rings. The minimum absolute atomic E-state index is 0.0696. The van der Waals surface area contributed by atoms with Crippen molar-refractivity contribution in [3.05, 3.63) is 25.3 Å². The van der Waals surface area contributed by atoms with Gasteiger partial charge in [0.25, 0.3) is 0 Å². The van der Waals surface area contributed by atoms with Gasteiger partial charge in [-0.1, -0.05) is 12.2 Å². The average molecular weight is 269 g/mol. The molecular formula is C14H23NO4. The zero-order chi connectivity index (χ0) is 14.5. The Kier molecular flexibility index (Phi) is 5.57. The molecule has 0 spiro atoms. The molecule has 0 radical (unpaired) electrons. The molecule has 1 heterocycles. The third-order valence-corrected chi connectivity index (χ3v) is 3.19. The summed E-state index contributed by atoms with van der Waals surface area (Å²) < 4.78 is 11.2. The van der Waals surface area contributed by atoms with Gasteiger partial charge in [-0.3, -0.25) is 4.90 Å². The summed E-state index contributed by atoms with van der Waals surface area (Å²) in [4.78, 5) is 12.7. The van der Waals surface area contributed by atoms with E-state index in [0.717, 1.165) is 0 Å². The Morgan fingerprint density at radius 1 is 1.58 bits per heavy atom. The quantitative estimate of drug-likeness (QED) is 0.722. The normalized spacial score (nSPS) is 23.1. The second kappa shape index (κ2) is 6.73. The van der Waals surface area contributed by atoms with Crippen molar-refractivity contribution in [3.63, 3.8) is 0 Å². The number of amides is 1. The van der Waals surface area contributed by atoms with Crippen LogP contribution in [0.3, 0.4) is 0 Å². The van der Waals surface area contributed by atoms with Crippen LogP contribution in [0.15, 0.2) is 25.3 Å². The number of carbonyl (C=O) groups is 1. The molecule has 5 heteroatoms. The molecule has 0 aromatic heterocycles. The van der Waals surface area contributed by atoms with E-state index in [0.29, 0.717) is 26.1 Å². The van der Waals surface area contributed by atoms with E-state index in [1.165, 1.54) is 4.90 Å². The monoisotopic (exact) mass is 269 g/mol. The molecule has 1 rings (SSSR count). The van der Waals surface area contributed by atoms with Crippen LogP contribution in [-0.2, 0) is 9.47 Å². The lowest BCUT2D eigenvalue weighted by Crippen LogP contribution is -2.48. The molecule has 0 aliphatic carbocycles. The Balaban J connectivity index is 2.69. The van der Waals surface area contributed by atoms with Crippen molar-refractivity contribution in [1.29, 1.82) is 0 Å². The van der Waals surface area contributed by atoms with E-state index in [9.17, 15) is 9.90 Å². The lowest BCUT2D eigenvalue weighted by Gasteiger charge is -2.32. The van der Waals surface area contributed by atoms with Crippen LogP contribution in [0, 0.1) is 0 Å². The third kappa shape index (κ3) is 4.08. The summed E-state index contributed by atoms with van der Waals surface area (Å²) in [6, 6.07) is -0.192. The van der Waals surface area contributed by atoms with E-state index < -0.39 is 11.8 Å². The van der Waals surface area contributed by atoms with Gasteiger partial charge in [-0.15, -0.1) is 13.2 Å². The van der Waals surface area contributed by atoms with Crippen LogP contribution in [0.5, 0.6) is 0 Å². The highest BCUT2D eigenvalue weighted by molar-refractivity contribution is 5.66. The number of nitrogens with zero attached hydrogens (tertiary/aromatic N) is 1. The summed E-state index contributed by atoms with van der Waals surface area (Å²) in [6.45, 7) is 11.7. The molecule has 108 valence electrons. The van der Waals surface area contributed by atoms with E-state index in [2.05, 4.69) is 13.2 Å². The predicted octanol–water partition coefficient (Wildman–Crippen LogP) is 2.64. The van der Waals surface area contributed by atoms with Crippen molar-refractivity contribution in [2.45, 2.75) is 44.6 Å². The minimum Gasteiger partial charge on any atom is -0.465 e. The fourth-order valence-electron chi connectivity index (χ4n) is 2.37. The van der Waals surface area contributed by atoms with Crippen LogP contribution in [0.4, 0.5) is 4.79 Å². The summed E-state index contributed by atoms with van der Waals surface area (Å²) in [5.41, 5.74) is -0.784. The van der Waals surface area contributed by atoms with Crippen LogP contribution in [0.25, 0.3) is 0 Å². The second-order valence-corrected chi connectivity index (χ2v) is 5.07. The van der Waals surface area contributed by atoms with Gasteiger partial charge in [0, 0.05) is 0 Å². The van der Waals surface area contributed by atoms with Crippen LogP contribution < -0.4 is 0 Å². The topological polar surface area (TPSA) is 59.0 Å². The maximum Gasteiger partial charge on any atom is 0.409 e. The highest BCUT2D eigenvalue weighted by Crippen LogP contribution is 2.30. The van der Waals surface area contributed by atoms with Crippen molar-refractivity contribution in [3.8, 4) is 0 Å². The number of ether oxygens (including phenoxy) is 2. The molecule has 1 N–H and O–H groups in total. The standard InChI is InChI=1S/C14H23NO4/c1-5-7-12(18-8-6-2)9-11-10-19-14(3,4)15(11)13(16)17/h5-6,11-12H,1-2,7-10H2,3-4H3,(H,16,17)/t11-,12?/m0/s1. The number of hydrogen-bond acceptors (Lipinski definition) is 3. The number of rotatable bonds is 7. The van der Waals surface area contributed by atoms with Crippen LogP contribution in [-0.4, -0.2) is 47.2 Å². The fourth-order valence-corrected chi connectivity index (χ4v) is 2.37. The zero-order valence-electron chi connectivity index (χ0n) is 11.7. The van der Waals surface area contributed by atoms with Gasteiger partial charge in [-0.05, 0) is 26.7 Å². The zero-order valence-corrected chi connectivity index (χ0v) is 11.7. The smallest absolute Gasteiger partial charge is 0.409 e. The van der Waals surface area contributed by atoms with Crippen LogP contribution in [0.2, 0.25) is 0 Å². The van der Waals surface area contributed by atoms with Crippen molar-refractivity contribution >= 4 is 6.09 Å². The maximum atomic E-state index is 11.3. The van der Waals surface area contributed by atoms with Gasteiger partial charge in [0.2, 0.25) is 0 Å². The average Bonchev–Trinajstić information content (AvgIpc) is 2.61. The van der Waals surface area contributed by atoms with Crippen LogP contribution in [0.1, 0.15) is 26.7 Å². The van der Waals surface area contributed by atoms with Crippen molar-refractivity contribution in [2.75, 3.05) is 13.2 Å². The van der Waals surface area contributed by atoms with E-state index in [4.69, 9.17) is 9.47 Å². The molecule has 0 aromatic carbocycles. The summed E-state index contributed by atoms with van der Waals surface area (Å²) in [5, 5.41) is 9.31. The molecule has 1 fully saturated rings. The molecule has 2 atom stereocenters. The van der Waals surface area contributed by atoms with Gasteiger partial charge < -0.3 is 14.6 Å². The van der Waals surface area contributed by atoms with E-state index in [1.54, 1.807) is 26.0 Å². The largest absolute Gasteiger partial charge is 0.465 e. The van der Waals surface area contributed by atoms with Crippen molar-refractivity contribution < 1.29 is 19.4 Å². The molecule has 1 aliphatic heterocycles. The summed E-state index contributed by atoms with van der Waals surface area (Å²) in [6.07, 6.45) is 3.70. The van der Waals surface area contributed by atoms with E-state index >= 15 is 0 Å². The minimum atomic E-state index is -0.964.